The van der Waals surface area contributed by atoms with E-state index >= 15 is 0 Å². The number of imidazole rings is 1. The van der Waals surface area contributed by atoms with Crippen LogP contribution in [-0.2, 0) is 35.0 Å². The SMILES string of the molecule is C=CCNS(=O)(=O)c1ccc(C(=O)OCc2nc3c(c(=O)[nH]c(=O)n3CCCC)n2C)cc1. The second-order valence-electron chi connectivity index (χ2n) is 7.26. The van der Waals surface area contributed by atoms with Gasteiger partial charge in [0.2, 0.25) is 10.0 Å². The van der Waals surface area contributed by atoms with Crippen molar-refractivity contribution >= 4 is 27.2 Å². The Kier molecular flexibility index (Phi) is 7.29. The van der Waals surface area contributed by atoms with E-state index in [2.05, 4.69) is 21.3 Å². The fourth-order valence-corrected chi connectivity index (χ4v) is 4.18. The number of nitrogens with zero attached hydrogens (tertiary/aromatic N) is 3. The number of hydrogen-bond acceptors (Lipinski definition) is 7. The first-order valence-corrected chi connectivity index (χ1v) is 11.7. The molecule has 1 aromatic carbocycles. The van der Waals surface area contributed by atoms with E-state index in [0.29, 0.717) is 6.54 Å². The quantitative estimate of drug-likeness (QED) is 0.329. The van der Waals surface area contributed by atoms with Gasteiger partial charge < -0.3 is 9.30 Å². The minimum atomic E-state index is -3.71. The van der Waals surface area contributed by atoms with Crippen molar-refractivity contribution in [2.75, 3.05) is 6.54 Å². The molecule has 0 aliphatic rings. The number of hydrogen-bond donors (Lipinski definition) is 2. The zero-order valence-electron chi connectivity index (χ0n) is 18.3. The van der Waals surface area contributed by atoms with E-state index < -0.39 is 27.2 Å². The largest absolute Gasteiger partial charge is 0.454 e. The molecule has 0 fully saturated rings. The first kappa shape index (κ1) is 24.1. The van der Waals surface area contributed by atoms with Gasteiger partial charge in [-0.3, -0.25) is 14.3 Å². The van der Waals surface area contributed by atoms with Crippen LogP contribution in [0, 0.1) is 0 Å². The van der Waals surface area contributed by atoms with E-state index in [4.69, 9.17) is 4.74 Å². The molecule has 2 heterocycles. The molecule has 12 heteroatoms. The van der Waals surface area contributed by atoms with Crippen LogP contribution in [0.25, 0.3) is 11.2 Å². The second-order valence-corrected chi connectivity index (χ2v) is 9.03. The van der Waals surface area contributed by atoms with Gasteiger partial charge in [0.1, 0.15) is 12.4 Å². The lowest BCUT2D eigenvalue weighted by atomic mass is 10.2. The van der Waals surface area contributed by atoms with Gasteiger partial charge in [-0.15, -0.1) is 6.58 Å². The van der Waals surface area contributed by atoms with Crippen LogP contribution in [-0.4, -0.2) is 40.0 Å². The van der Waals surface area contributed by atoms with Crippen molar-refractivity contribution in [1.29, 1.82) is 0 Å². The topological polar surface area (TPSA) is 145 Å². The highest BCUT2D eigenvalue weighted by molar-refractivity contribution is 7.89. The summed E-state index contributed by atoms with van der Waals surface area (Å²) in [6, 6.07) is 5.27. The molecular formula is C21H25N5O6S. The van der Waals surface area contributed by atoms with E-state index in [9.17, 15) is 22.8 Å². The molecule has 0 saturated heterocycles. The summed E-state index contributed by atoms with van der Waals surface area (Å²) < 4.78 is 34.7. The van der Waals surface area contributed by atoms with Gasteiger partial charge >= 0.3 is 11.7 Å². The molecule has 0 aliphatic heterocycles. The fourth-order valence-electron chi connectivity index (χ4n) is 3.18. The van der Waals surface area contributed by atoms with Crippen LogP contribution < -0.4 is 16.0 Å². The number of sulfonamides is 1. The van der Waals surface area contributed by atoms with Gasteiger partial charge in [0.15, 0.2) is 11.2 Å². The zero-order valence-corrected chi connectivity index (χ0v) is 19.1. The van der Waals surface area contributed by atoms with Crippen molar-refractivity contribution in [3.63, 3.8) is 0 Å². The maximum atomic E-state index is 12.4. The molecule has 2 aromatic heterocycles. The van der Waals surface area contributed by atoms with Crippen molar-refractivity contribution in [1.82, 2.24) is 23.8 Å². The number of fused-ring (bicyclic) bond motifs is 1. The summed E-state index contributed by atoms with van der Waals surface area (Å²) in [6.07, 6.45) is 3.01. The average molecular weight is 476 g/mol. The minimum Gasteiger partial charge on any atom is -0.454 e. The number of aryl methyl sites for hydroxylation is 2. The Morgan fingerprint density at radius 2 is 1.97 bits per heavy atom. The number of nitrogens with one attached hydrogen (secondary N) is 2. The highest BCUT2D eigenvalue weighted by Gasteiger charge is 2.19. The normalized spacial score (nSPS) is 11.6. The molecule has 0 bridgehead atoms. The summed E-state index contributed by atoms with van der Waals surface area (Å²) in [6.45, 7) is 5.68. The molecule has 0 aliphatic carbocycles. The van der Waals surface area contributed by atoms with Crippen molar-refractivity contribution < 1.29 is 17.9 Å². The standard InChI is InChI=1S/C21H25N5O6S/c1-4-6-12-26-18-17(19(27)24-21(26)29)25(3)16(23-18)13-32-20(28)14-7-9-15(10-8-14)33(30,31)22-11-5-2/h5,7-10,22H,2,4,6,11-13H2,1,3H3,(H,24,27,29). The minimum absolute atomic E-state index is 0.000488. The van der Waals surface area contributed by atoms with Crippen molar-refractivity contribution in [2.24, 2.45) is 7.05 Å². The average Bonchev–Trinajstić information content (AvgIpc) is 3.12. The molecule has 11 nitrogen and oxygen atoms in total. The molecular weight excluding hydrogens is 450 g/mol. The number of esters is 1. The monoisotopic (exact) mass is 475 g/mol. The van der Waals surface area contributed by atoms with Gasteiger partial charge in [-0.25, -0.2) is 27.7 Å². The molecule has 3 rings (SSSR count). The summed E-state index contributed by atoms with van der Waals surface area (Å²) in [5.74, 6) is -0.408. The lowest BCUT2D eigenvalue weighted by Gasteiger charge is -2.07. The summed E-state index contributed by atoms with van der Waals surface area (Å²) >= 11 is 0. The number of unbranched alkanes of at least 4 members (excludes halogenated alkanes) is 1. The number of rotatable bonds is 10. The van der Waals surface area contributed by atoms with E-state index in [1.165, 1.54) is 39.5 Å². The molecule has 0 saturated carbocycles. The third-order valence-corrected chi connectivity index (χ3v) is 6.43. The van der Waals surface area contributed by atoms with Crippen LogP contribution in [0.15, 0.2) is 51.4 Å². The Morgan fingerprint density at radius 3 is 2.61 bits per heavy atom. The Hall–Kier alpha value is -3.51. The van der Waals surface area contributed by atoms with Crippen LogP contribution in [0.3, 0.4) is 0 Å². The van der Waals surface area contributed by atoms with Gasteiger partial charge in [0, 0.05) is 20.1 Å². The van der Waals surface area contributed by atoms with Gasteiger partial charge in [0.25, 0.3) is 5.56 Å². The van der Waals surface area contributed by atoms with Crippen molar-refractivity contribution in [3.05, 3.63) is 69.1 Å². The highest BCUT2D eigenvalue weighted by Crippen LogP contribution is 2.14. The number of aromatic nitrogens is 4. The van der Waals surface area contributed by atoms with Crippen molar-refractivity contribution in [2.45, 2.75) is 37.8 Å². The number of ether oxygens (including phenoxy) is 1. The Morgan fingerprint density at radius 1 is 1.27 bits per heavy atom. The number of carbonyl (C=O) groups is 1. The second kappa shape index (κ2) is 9.96. The summed E-state index contributed by atoms with van der Waals surface area (Å²) in [7, 11) is -2.11. The van der Waals surface area contributed by atoms with E-state index in [0.717, 1.165) is 12.8 Å². The molecule has 0 amide bonds. The van der Waals surface area contributed by atoms with Crippen LogP contribution in [0.4, 0.5) is 0 Å². The summed E-state index contributed by atoms with van der Waals surface area (Å²) in [5.41, 5.74) is -0.530. The maximum Gasteiger partial charge on any atom is 0.338 e. The van der Waals surface area contributed by atoms with Crippen LogP contribution in [0.5, 0.6) is 0 Å². The molecule has 176 valence electrons. The predicted octanol–water partition coefficient (Wildman–Crippen LogP) is 1.04. The highest BCUT2D eigenvalue weighted by atomic mass is 32.2. The van der Waals surface area contributed by atoms with Gasteiger partial charge in [-0.05, 0) is 30.7 Å². The zero-order chi connectivity index (χ0) is 24.2. The molecule has 0 atom stereocenters. The smallest absolute Gasteiger partial charge is 0.338 e. The molecule has 0 spiro atoms. The first-order chi connectivity index (χ1) is 15.7. The van der Waals surface area contributed by atoms with E-state index in [1.807, 2.05) is 6.92 Å². The molecule has 0 unspecified atom stereocenters. The summed E-state index contributed by atoms with van der Waals surface area (Å²) in [4.78, 5) is 43.6. The van der Waals surface area contributed by atoms with Gasteiger partial charge in [0.05, 0.1) is 10.5 Å². The summed E-state index contributed by atoms with van der Waals surface area (Å²) in [5, 5.41) is 0. The third-order valence-electron chi connectivity index (χ3n) is 4.99. The molecule has 3 aromatic rings. The maximum absolute atomic E-state index is 12.4. The molecule has 33 heavy (non-hydrogen) atoms. The Balaban J connectivity index is 1.80. The first-order valence-electron chi connectivity index (χ1n) is 10.3. The van der Waals surface area contributed by atoms with E-state index in [1.54, 1.807) is 7.05 Å². The Labute approximate surface area is 189 Å². The lowest BCUT2D eigenvalue weighted by molar-refractivity contribution is 0.0459. The molecule has 2 N–H and O–H groups in total. The van der Waals surface area contributed by atoms with Crippen LogP contribution in [0.1, 0.15) is 35.9 Å². The van der Waals surface area contributed by atoms with Crippen LogP contribution in [0.2, 0.25) is 0 Å². The van der Waals surface area contributed by atoms with Gasteiger partial charge in [-0.2, -0.15) is 0 Å². The fraction of sp³-hybridized carbons (Fsp3) is 0.333. The lowest BCUT2D eigenvalue weighted by Crippen LogP contribution is -2.31. The van der Waals surface area contributed by atoms with Gasteiger partial charge in [-0.1, -0.05) is 19.4 Å². The Bertz CT molecular complexity index is 1400. The number of carbonyl (C=O) groups excluding carboxylic acids is 1. The predicted molar refractivity (Wildman–Crippen MR) is 121 cm³/mol. The number of aromatic amines is 1. The van der Waals surface area contributed by atoms with Crippen molar-refractivity contribution in [3.8, 4) is 0 Å². The number of H-pyrrole nitrogens is 1. The van der Waals surface area contributed by atoms with Crippen LogP contribution >= 0.6 is 0 Å². The van der Waals surface area contributed by atoms with E-state index in [-0.39, 0.29) is 40.6 Å². The molecule has 0 radical (unpaired) electrons. The number of benzene rings is 1. The third kappa shape index (κ3) is 5.12.